The van der Waals surface area contributed by atoms with E-state index in [1.54, 1.807) is 0 Å². The molecule has 0 unspecified atom stereocenters. The monoisotopic (exact) mass is 342 g/mol. The zero-order valence-corrected chi connectivity index (χ0v) is 14.7. The minimum Gasteiger partial charge on any atom is -1.00 e. The molecule has 2 heterocycles. The van der Waals surface area contributed by atoms with Gasteiger partial charge in [-0.1, -0.05) is 6.92 Å². The summed E-state index contributed by atoms with van der Waals surface area (Å²) >= 11 is 0. The van der Waals surface area contributed by atoms with Crippen LogP contribution in [0.4, 0.5) is 0 Å². The number of hydrogen-bond acceptors (Lipinski definition) is 1. The average molecular weight is 343 g/mol. The number of aromatic nitrogens is 2. The zero-order chi connectivity index (χ0) is 14.2. The first-order chi connectivity index (χ1) is 9.83. The lowest BCUT2D eigenvalue weighted by molar-refractivity contribution is -0.698. The van der Waals surface area contributed by atoms with Gasteiger partial charge < -0.3 is 29.6 Å². The molecule has 2 aromatic rings. The molecule has 0 spiro atoms. The van der Waals surface area contributed by atoms with Gasteiger partial charge in [-0.05, 0) is 24.5 Å². The Balaban J connectivity index is 0.00000220. The highest BCUT2D eigenvalue weighted by Gasteiger charge is 2.04. The Labute approximate surface area is 145 Å². The first-order valence-corrected chi connectivity index (χ1v) is 7.39. The van der Waals surface area contributed by atoms with E-state index in [4.69, 9.17) is 4.74 Å². The number of pyridine rings is 2. The Morgan fingerprint density at radius 2 is 1.27 bits per heavy atom. The van der Waals surface area contributed by atoms with Gasteiger partial charge in [0.25, 0.3) is 0 Å². The Kier molecular flexibility index (Phi) is 10.8. The number of nitrogens with zero attached hydrogens (tertiary/aromatic N) is 2. The number of ether oxygens (including phenoxy) is 1. The predicted molar refractivity (Wildman–Crippen MR) is 79.1 cm³/mol. The molecule has 0 aliphatic carbocycles. The summed E-state index contributed by atoms with van der Waals surface area (Å²) < 4.78 is 9.83. The standard InChI is InChI=1S/C17H24N2O.2ClH/c1-3-14-20-15-13-19-11-7-17(8-12-19)16-5-9-18(4-2)10-6-16;;/h5-12H,3-4,13-15H2,1-2H3;2*1H/q+2;;/p-2. The SMILES string of the molecule is CCCOCC[n+]1ccc(-c2cc[n+](CC)cc2)cc1.[Cl-].[Cl-]. The summed E-state index contributed by atoms with van der Waals surface area (Å²) in [5.41, 5.74) is 2.50. The molecule has 0 bridgehead atoms. The summed E-state index contributed by atoms with van der Waals surface area (Å²) in [6.07, 6.45) is 9.55. The first-order valence-electron chi connectivity index (χ1n) is 7.39. The summed E-state index contributed by atoms with van der Waals surface area (Å²) in [7, 11) is 0. The van der Waals surface area contributed by atoms with Gasteiger partial charge in [0.2, 0.25) is 0 Å². The Bertz CT molecular complexity index is 515. The van der Waals surface area contributed by atoms with Gasteiger partial charge in [-0.2, -0.15) is 0 Å². The predicted octanol–water partition coefficient (Wildman–Crippen LogP) is -3.62. The fourth-order valence-electron chi connectivity index (χ4n) is 2.08. The van der Waals surface area contributed by atoms with Crippen molar-refractivity contribution >= 4 is 0 Å². The molecular formula is C17H24Cl2N2O. The van der Waals surface area contributed by atoms with E-state index in [1.165, 1.54) is 11.1 Å². The summed E-state index contributed by atoms with van der Waals surface area (Å²) in [6.45, 7) is 7.81. The van der Waals surface area contributed by atoms with E-state index in [-0.39, 0.29) is 24.8 Å². The van der Waals surface area contributed by atoms with Gasteiger partial charge in [-0.15, -0.1) is 0 Å². The second-order valence-electron chi connectivity index (χ2n) is 4.85. The third-order valence-corrected chi connectivity index (χ3v) is 3.32. The van der Waals surface area contributed by atoms with Crippen LogP contribution in [-0.4, -0.2) is 13.2 Å². The summed E-state index contributed by atoms with van der Waals surface area (Å²) in [5.74, 6) is 0. The van der Waals surface area contributed by atoms with Gasteiger partial charge in [0.1, 0.15) is 13.2 Å². The van der Waals surface area contributed by atoms with Crippen molar-refractivity contribution in [2.75, 3.05) is 13.2 Å². The van der Waals surface area contributed by atoms with Crippen LogP contribution >= 0.6 is 0 Å². The minimum atomic E-state index is 0. The lowest BCUT2D eigenvalue weighted by atomic mass is 10.1. The van der Waals surface area contributed by atoms with Crippen molar-refractivity contribution in [1.82, 2.24) is 0 Å². The topological polar surface area (TPSA) is 17.0 Å². The molecule has 122 valence electrons. The van der Waals surface area contributed by atoms with Crippen LogP contribution in [0.2, 0.25) is 0 Å². The van der Waals surface area contributed by atoms with Gasteiger partial charge >= 0.3 is 0 Å². The Morgan fingerprint density at radius 3 is 1.73 bits per heavy atom. The van der Waals surface area contributed by atoms with Crippen LogP contribution in [0.15, 0.2) is 49.1 Å². The van der Waals surface area contributed by atoms with Crippen molar-refractivity contribution in [2.24, 2.45) is 0 Å². The van der Waals surface area contributed by atoms with Gasteiger partial charge in [-0.25, -0.2) is 9.13 Å². The molecule has 0 aliphatic rings. The molecule has 0 radical (unpaired) electrons. The maximum Gasteiger partial charge on any atom is 0.171 e. The molecule has 0 atom stereocenters. The molecule has 0 saturated carbocycles. The molecule has 2 aromatic heterocycles. The molecule has 0 aromatic carbocycles. The van der Waals surface area contributed by atoms with Crippen molar-refractivity contribution in [3.63, 3.8) is 0 Å². The van der Waals surface area contributed by atoms with Crippen molar-refractivity contribution in [3.8, 4) is 11.1 Å². The summed E-state index contributed by atoms with van der Waals surface area (Å²) in [4.78, 5) is 0. The lowest BCUT2D eigenvalue weighted by Gasteiger charge is -2.02. The number of hydrogen-bond donors (Lipinski definition) is 0. The summed E-state index contributed by atoms with van der Waals surface area (Å²) in [5, 5.41) is 0. The van der Waals surface area contributed by atoms with Crippen LogP contribution in [0.5, 0.6) is 0 Å². The largest absolute Gasteiger partial charge is 1.00 e. The number of halogens is 2. The molecular weight excluding hydrogens is 319 g/mol. The highest BCUT2D eigenvalue weighted by molar-refractivity contribution is 5.60. The van der Waals surface area contributed by atoms with E-state index in [0.717, 1.165) is 32.7 Å². The van der Waals surface area contributed by atoms with Crippen LogP contribution in [-0.2, 0) is 17.8 Å². The van der Waals surface area contributed by atoms with Crippen LogP contribution in [0.1, 0.15) is 20.3 Å². The third-order valence-electron chi connectivity index (χ3n) is 3.32. The van der Waals surface area contributed by atoms with Crippen LogP contribution < -0.4 is 33.9 Å². The normalized spacial score (nSPS) is 9.73. The van der Waals surface area contributed by atoms with Gasteiger partial charge in [-0.3, -0.25) is 0 Å². The van der Waals surface area contributed by atoms with Crippen molar-refractivity contribution < 1.29 is 38.7 Å². The van der Waals surface area contributed by atoms with Crippen molar-refractivity contribution in [1.29, 1.82) is 0 Å². The molecule has 2 rings (SSSR count). The third kappa shape index (κ3) is 6.30. The fraction of sp³-hybridized carbons (Fsp3) is 0.412. The average Bonchev–Trinajstić information content (AvgIpc) is 2.52. The van der Waals surface area contributed by atoms with E-state index in [1.807, 2.05) is 0 Å². The van der Waals surface area contributed by atoms with Crippen LogP contribution in [0, 0.1) is 0 Å². The van der Waals surface area contributed by atoms with E-state index in [0.29, 0.717) is 0 Å². The first kappa shape index (κ1) is 20.8. The number of aryl methyl sites for hydroxylation is 1. The second-order valence-corrected chi connectivity index (χ2v) is 4.85. The molecule has 0 N–H and O–H groups in total. The quantitative estimate of drug-likeness (QED) is 0.375. The summed E-state index contributed by atoms with van der Waals surface area (Å²) in [6, 6.07) is 8.64. The van der Waals surface area contributed by atoms with Gasteiger partial charge in [0, 0.05) is 30.9 Å². The fourth-order valence-corrected chi connectivity index (χ4v) is 2.08. The Hall–Kier alpha value is -1.16. The van der Waals surface area contributed by atoms with E-state index >= 15 is 0 Å². The molecule has 0 saturated heterocycles. The van der Waals surface area contributed by atoms with Crippen molar-refractivity contribution in [2.45, 2.75) is 33.4 Å². The zero-order valence-electron chi connectivity index (χ0n) is 13.2. The smallest absolute Gasteiger partial charge is 0.171 e. The van der Waals surface area contributed by atoms with Crippen LogP contribution in [0.3, 0.4) is 0 Å². The molecule has 0 fully saturated rings. The van der Waals surface area contributed by atoms with E-state index in [9.17, 15) is 0 Å². The highest BCUT2D eigenvalue weighted by Crippen LogP contribution is 2.15. The maximum atomic E-state index is 5.50. The lowest BCUT2D eigenvalue weighted by Crippen LogP contribution is -3.00. The van der Waals surface area contributed by atoms with E-state index < -0.39 is 0 Å². The molecule has 3 nitrogen and oxygen atoms in total. The van der Waals surface area contributed by atoms with Gasteiger partial charge in [0.15, 0.2) is 31.3 Å². The highest BCUT2D eigenvalue weighted by atomic mass is 35.5. The van der Waals surface area contributed by atoms with Crippen LogP contribution in [0.25, 0.3) is 11.1 Å². The van der Waals surface area contributed by atoms with E-state index in [2.05, 4.69) is 72.0 Å². The Morgan fingerprint density at radius 1 is 0.773 bits per heavy atom. The maximum absolute atomic E-state index is 5.50. The molecule has 22 heavy (non-hydrogen) atoms. The second kappa shape index (κ2) is 11.4. The minimum absolute atomic E-state index is 0. The molecule has 5 heteroatoms. The van der Waals surface area contributed by atoms with Gasteiger partial charge in [0.05, 0.1) is 0 Å². The number of rotatable bonds is 7. The van der Waals surface area contributed by atoms with Crippen molar-refractivity contribution in [3.05, 3.63) is 49.1 Å². The molecule has 0 aliphatic heterocycles. The molecule has 0 amide bonds.